The number of aliphatic hydroxyl groups excluding tert-OH is 1. The van der Waals surface area contributed by atoms with Crippen molar-refractivity contribution in [3.05, 3.63) is 35.4 Å². The second-order valence-corrected chi connectivity index (χ2v) is 9.76. The molecule has 0 spiro atoms. The number of sulfonamides is 1. The molecule has 7 heteroatoms. The first kappa shape index (κ1) is 18.5. The number of fused-ring (bicyclic) bond motifs is 1. The summed E-state index contributed by atoms with van der Waals surface area (Å²) >= 11 is 0. The molecule has 2 heterocycles. The van der Waals surface area contributed by atoms with Crippen LogP contribution in [0.3, 0.4) is 0 Å². The van der Waals surface area contributed by atoms with Gasteiger partial charge in [-0.05, 0) is 37.5 Å². The van der Waals surface area contributed by atoms with Gasteiger partial charge in [0.05, 0.1) is 31.0 Å². The molecule has 3 aliphatic rings. The SMILES string of the molecule is CCS(=O)(=O)N1CC(=O)N2[C@@H](CO)[C@H](c3ccc(C#CC4CC4)cc3)[C@@H]2C1. The molecule has 0 aromatic heterocycles. The van der Waals surface area contributed by atoms with E-state index in [2.05, 4.69) is 11.8 Å². The summed E-state index contributed by atoms with van der Waals surface area (Å²) in [6.45, 7) is 1.61. The van der Waals surface area contributed by atoms with Gasteiger partial charge in [-0.2, -0.15) is 4.31 Å². The Kier molecular flexibility index (Phi) is 4.75. The lowest BCUT2D eigenvalue weighted by atomic mass is 9.74. The van der Waals surface area contributed by atoms with E-state index in [0.717, 1.165) is 11.1 Å². The number of amides is 1. The molecule has 0 radical (unpaired) electrons. The highest BCUT2D eigenvalue weighted by atomic mass is 32.2. The summed E-state index contributed by atoms with van der Waals surface area (Å²) in [6, 6.07) is 7.38. The van der Waals surface area contributed by atoms with E-state index in [1.165, 1.54) is 17.1 Å². The van der Waals surface area contributed by atoms with Crippen LogP contribution in [0.5, 0.6) is 0 Å². The van der Waals surface area contributed by atoms with Gasteiger partial charge in [0, 0.05) is 23.9 Å². The Balaban J connectivity index is 1.56. The summed E-state index contributed by atoms with van der Waals surface area (Å²) < 4.78 is 25.8. The van der Waals surface area contributed by atoms with Crippen molar-refractivity contribution in [1.29, 1.82) is 0 Å². The Morgan fingerprint density at radius 3 is 2.52 bits per heavy atom. The van der Waals surface area contributed by atoms with Crippen molar-refractivity contribution in [2.75, 3.05) is 25.4 Å². The predicted octanol–water partition coefficient (Wildman–Crippen LogP) is 0.769. The number of benzene rings is 1. The average Bonchev–Trinajstić information content (AvgIpc) is 3.47. The van der Waals surface area contributed by atoms with Crippen LogP contribution in [-0.2, 0) is 14.8 Å². The van der Waals surface area contributed by atoms with Crippen LogP contribution in [0.15, 0.2) is 24.3 Å². The molecule has 6 nitrogen and oxygen atoms in total. The van der Waals surface area contributed by atoms with Crippen molar-refractivity contribution < 1.29 is 18.3 Å². The van der Waals surface area contributed by atoms with Crippen LogP contribution in [-0.4, -0.2) is 66.2 Å². The zero-order valence-electron chi connectivity index (χ0n) is 15.3. The fraction of sp³-hybridized carbons (Fsp3) is 0.550. The highest BCUT2D eigenvalue weighted by molar-refractivity contribution is 7.89. The van der Waals surface area contributed by atoms with Gasteiger partial charge < -0.3 is 10.0 Å². The lowest BCUT2D eigenvalue weighted by Gasteiger charge is -2.58. The van der Waals surface area contributed by atoms with E-state index in [9.17, 15) is 18.3 Å². The largest absolute Gasteiger partial charge is 0.394 e. The van der Waals surface area contributed by atoms with Crippen LogP contribution >= 0.6 is 0 Å². The van der Waals surface area contributed by atoms with E-state index in [0.29, 0.717) is 5.92 Å². The number of rotatable bonds is 4. The molecule has 1 aliphatic carbocycles. The van der Waals surface area contributed by atoms with Gasteiger partial charge in [-0.15, -0.1) is 0 Å². The average molecular weight is 388 g/mol. The molecule has 0 unspecified atom stereocenters. The molecule has 2 aliphatic heterocycles. The fourth-order valence-corrected chi connectivity index (χ4v) is 5.12. The first-order valence-electron chi connectivity index (χ1n) is 9.46. The molecule has 2 saturated heterocycles. The second kappa shape index (κ2) is 6.93. The third-order valence-corrected chi connectivity index (χ3v) is 7.57. The second-order valence-electron chi connectivity index (χ2n) is 7.50. The van der Waals surface area contributed by atoms with Crippen LogP contribution < -0.4 is 0 Å². The predicted molar refractivity (Wildman–Crippen MR) is 101 cm³/mol. The molecule has 144 valence electrons. The summed E-state index contributed by atoms with van der Waals surface area (Å²) in [7, 11) is -3.42. The molecule has 1 saturated carbocycles. The monoisotopic (exact) mass is 388 g/mol. The highest BCUT2D eigenvalue weighted by Gasteiger charge is 2.55. The number of piperazine rings is 1. The van der Waals surface area contributed by atoms with Crippen molar-refractivity contribution in [3.8, 4) is 11.8 Å². The standard InChI is InChI=1S/C20H24N2O4S/c1-2-27(25,26)21-11-17-20(18(13-23)22(17)19(24)12-21)16-9-7-15(8-10-16)6-5-14-3-4-14/h7-10,14,17-18,20,23H,2-4,11-13H2,1H3/t17-,18-,20+/m0/s1. The summed E-state index contributed by atoms with van der Waals surface area (Å²) in [5.74, 6) is 6.64. The van der Waals surface area contributed by atoms with Gasteiger partial charge in [-0.25, -0.2) is 8.42 Å². The molecule has 3 atom stereocenters. The van der Waals surface area contributed by atoms with E-state index in [-0.39, 0.29) is 49.4 Å². The van der Waals surface area contributed by atoms with Crippen molar-refractivity contribution in [2.45, 2.75) is 37.8 Å². The minimum Gasteiger partial charge on any atom is -0.394 e. The van der Waals surface area contributed by atoms with E-state index in [1.807, 2.05) is 24.3 Å². The zero-order valence-corrected chi connectivity index (χ0v) is 16.2. The molecule has 1 aromatic rings. The topological polar surface area (TPSA) is 77.9 Å². The molecule has 27 heavy (non-hydrogen) atoms. The van der Waals surface area contributed by atoms with Gasteiger partial charge in [-0.3, -0.25) is 4.79 Å². The zero-order chi connectivity index (χ0) is 19.2. The Morgan fingerprint density at radius 2 is 1.93 bits per heavy atom. The molecule has 1 N–H and O–H groups in total. The Bertz CT molecular complexity index is 896. The van der Waals surface area contributed by atoms with Crippen molar-refractivity contribution in [1.82, 2.24) is 9.21 Å². The number of carbonyl (C=O) groups excluding carboxylic acids is 1. The fourth-order valence-electron chi connectivity index (χ4n) is 4.07. The quantitative estimate of drug-likeness (QED) is 0.773. The minimum absolute atomic E-state index is 0.0184. The van der Waals surface area contributed by atoms with Crippen molar-refractivity contribution in [3.63, 3.8) is 0 Å². The van der Waals surface area contributed by atoms with E-state index in [4.69, 9.17) is 0 Å². The van der Waals surface area contributed by atoms with Gasteiger partial charge in [0.1, 0.15) is 0 Å². The molecular formula is C20H24N2O4S. The van der Waals surface area contributed by atoms with Crippen LogP contribution in [0.2, 0.25) is 0 Å². The van der Waals surface area contributed by atoms with Gasteiger partial charge in [0.2, 0.25) is 15.9 Å². The molecule has 1 amide bonds. The Morgan fingerprint density at radius 1 is 1.22 bits per heavy atom. The molecule has 1 aromatic carbocycles. The number of hydrogen-bond acceptors (Lipinski definition) is 4. The van der Waals surface area contributed by atoms with Crippen LogP contribution in [0, 0.1) is 17.8 Å². The first-order valence-corrected chi connectivity index (χ1v) is 11.1. The van der Waals surface area contributed by atoms with Gasteiger partial charge >= 0.3 is 0 Å². The third-order valence-electron chi connectivity index (χ3n) is 5.77. The van der Waals surface area contributed by atoms with Crippen molar-refractivity contribution >= 4 is 15.9 Å². The summed E-state index contributed by atoms with van der Waals surface area (Å²) in [4.78, 5) is 14.1. The van der Waals surface area contributed by atoms with E-state index >= 15 is 0 Å². The van der Waals surface area contributed by atoms with Gasteiger partial charge in [0.25, 0.3) is 0 Å². The smallest absolute Gasteiger partial charge is 0.238 e. The maximum absolute atomic E-state index is 12.5. The summed E-state index contributed by atoms with van der Waals surface area (Å²) in [5.41, 5.74) is 1.97. The third kappa shape index (κ3) is 3.38. The minimum atomic E-state index is -3.42. The lowest BCUT2D eigenvalue weighted by Crippen LogP contribution is -2.73. The first-order chi connectivity index (χ1) is 12.9. The number of hydrogen-bond donors (Lipinski definition) is 1. The van der Waals surface area contributed by atoms with E-state index < -0.39 is 10.0 Å². The maximum Gasteiger partial charge on any atom is 0.238 e. The summed E-state index contributed by atoms with van der Waals surface area (Å²) in [6.07, 6.45) is 2.38. The van der Waals surface area contributed by atoms with Crippen LogP contribution in [0.25, 0.3) is 0 Å². The molecule has 4 rings (SSSR count). The normalized spacial score (nSPS) is 28.1. The van der Waals surface area contributed by atoms with Gasteiger partial charge in [-0.1, -0.05) is 24.0 Å². The van der Waals surface area contributed by atoms with E-state index in [1.54, 1.807) is 11.8 Å². The number of aliphatic hydroxyl groups is 1. The number of nitrogens with zero attached hydrogens (tertiary/aromatic N) is 2. The molecular weight excluding hydrogens is 364 g/mol. The Labute approximate surface area is 160 Å². The lowest BCUT2D eigenvalue weighted by molar-refractivity contribution is -0.158. The molecule has 0 bridgehead atoms. The van der Waals surface area contributed by atoms with Crippen LogP contribution in [0.1, 0.15) is 36.8 Å². The molecule has 3 fully saturated rings. The van der Waals surface area contributed by atoms with Gasteiger partial charge in [0.15, 0.2) is 0 Å². The highest BCUT2D eigenvalue weighted by Crippen LogP contribution is 2.43. The Hall–Kier alpha value is -1.88. The number of carbonyl (C=O) groups is 1. The van der Waals surface area contributed by atoms with Crippen LogP contribution in [0.4, 0.5) is 0 Å². The van der Waals surface area contributed by atoms with Crippen molar-refractivity contribution in [2.24, 2.45) is 5.92 Å². The maximum atomic E-state index is 12.5. The summed E-state index contributed by atoms with van der Waals surface area (Å²) in [5, 5.41) is 9.81.